The minimum absolute atomic E-state index is 0.694. The molecule has 21 heavy (non-hydrogen) atoms. The first kappa shape index (κ1) is 12.2. The minimum Gasteiger partial charge on any atom is -0.490 e. The first-order valence-electron chi connectivity index (χ1n) is 7.14. The number of hydrogen-bond acceptors (Lipinski definition) is 3. The van der Waals surface area contributed by atoms with Crippen LogP contribution >= 0.6 is 0 Å². The molecule has 3 nitrogen and oxygen atoms in total. The van der Waals surface area contributed by atoms with Crippen molar-refractivity contribution in [2.75, 3.05) is 13.2 Å². The summed E-state index contributed by atoms with van der Waals surface area (Å²) in [5, 5.41) is 2.31. The van der Waals surface area contributed by atoms with Crippen molar-refractivity contribution in [3.05, 3.63) is 54.9 Å². The molecule has 0 bridgehead atoms. The number of fused-ring (bicyclic) bond motifs is 2. The summed E-state index contributed by atoms with van der Waals surface area (Å²) in [6, 6.07) is 14.4. The second-order valence-electron chi connectivity index (χ2n) is 5.12. The smallest absolute Gasteiger partial charge is 0.168 e. The van der Waals surface area contributed by atoms with Gasteiger partial charge in [-0.15, -0.1) is 0 Å². The summed E-state index contributed by atoms with van der Waals surface area (Å²) in [6.45, 7) is 1.40. The molecule has 1 aliphatic heterocycles. The molecule has 3 heteroatoms. The fourth-order valence-electron chi connectivity index (χ4n) is 2.67. The lowest BCUT2D eigenvalue weighted by atomic mass is 10.0. The molecular weight excluding hydrogens is 262 g/mol. The van der Waals surface area contributed by atoms with Gasteiger partial charge >= 0.3 is 0 Å². The molecule has 0 N–H and O–H groups in total. The van der Waals surface area contributed by atoms with Crippen molar-refractivity contribution in [1.29, 1.82) is 0 Å². The van der Waals surface area contributed by atoms with Crippen LogP contribution in [0, 0.1) is 0 Å². The molecular formula is C18H15NO2. The average molecular weight is 277 g/mol. The quantitative estimate of drug-likeness (QED) is 0.672. The van der Waals surface area contributed by atoms with Gasteiger partial charge in [-0.05, 0) is 29.1 Å². The van der Waals surface area contributed by atoms with Crippen molar-refractivity contribution in [2.24, 2.45) is 0 Å². The van der Waals surface area contributed by atoms with Gasteiger partial charge in [-0.3, -0.25) is 4.98 Å². The molecule has 2 heterocycles. The Kier molecular flexibility index (Phi) is 2.96. The van der Waals surface area contributed by atoms with Gasteiger partial charge in [0, 0.05) is 29.8 Å². The number of pyridine rings is 1. The summed E-state index contributed by atoms with van der Waals surface area (Å²) in [7, 11) is 0. The molecule has 3 aromatic rings. The van der Waals surface area contributed by atoms with E-state index in [1.165, 1.54) is 5.39 Å². The SMILES string of the molecule is c1cc2c(c(-c3ccc4ccncc4c3)c1)OCCCO2. The first-order valence-corrected chi connectivity index (χ1v) is 7.14. The van der Waals surface area contributed by atoms with E-state index in [2.05, 4.69) is 29.2 Å². The summed E-state index contributed by atoms with van der Waals surface area (Å²) in [5.74, 6) is 1.68. The summed E-state index contributed by atoms with van der Waals surface area (Å²) in [6.07, 6.45) is 4.61. The zero-order chi connectivity index (χ0) is 14.1. The van der Waals surface area contributed by atoms with Crippen molar-refractivity contribution in [3.63, 3.8) is 0 Å². The Labute approximate surface area is 123 Å². The number of ether oxygens (including phenoxy) is 2. The van der Waals surface area contributed by atoms with Crippen molar-refractivity contribution in [2.45, 2.75) is 6.42 Å². The number of benzene rings is 2. The molecule has 0 saturated heterocycles. The maximum absolute atomic E-state index is 5.91. The predicted octanol–water partition coefficient (Wildman–Crippen LogP) is 4.06. The zero-order valence-electron chi connectivity index (χ0n) is 11.6. The molecule has 4 rings (SSSR count). The van der Waals surface area contributed by atoms with Gasteiger partial charge in [0.15, 0.2) is 11.5 Å². The third-order valence-electron chi connectivity index (χ3n) is 3.72. The molecule has 0 amide bonds. The third-order valence-corrected chi connectivity index (χ3v) is 3.72. The lowest BCUT2D eigenvalue weighted by Crippen LogP contribution is -1.98. The van der Waals surface area contributed by atoms with E-state index < -0.39 is 0 Å². The monoisotopic (exact) mass is 277 g/mol. The summed E-state index contributed by atoms with van der Waals surface area (Å²) < 4.78 is 11.7. The van der Waals surface area contributed by atoms with Crippen LogP contribution in [-0.4, -0.2) is 18.2 Å². The predicted molar refractivity (Wildman–Crippen MR) is 82.8 cm³/mol. The van der Waals surface area contributed by atoms with Gasteiger partial charge in [0.1, 0.15) is 0 Å². The van der Waals surface area contributed by atoms with Crippen LogP contribution in [0.15, 0.2) is 54.9 Å². The highest BCUT2D eigenvalue weighted by Crippen LogP contribution is 2.40. The van der Waals surface area contributed by atoms with Gasteiger partial charge < -0.3 is 9.47 Å². The van der Waals surface area contributed by atoms with Crippen molar-refractivity contribution < 1.29 is 9.47 Å². The molecule has 1 aromatic heterocycles. The van der Waals surface area contributed by atoms with Crippen LogP contribution in [0.2, 0.25) is 0 Å². The average Bonchev–Trinajstić information content (AvgIpc) is 2.79. The van der Waals surface area contributed by atoms with Crippen LogP contribution in [-0.2, 0) is 0 Å². The van der Waals surface area contributed by atoms with Gasteiger partial charge in [-0.25, -0.2) is 0 Å². The van der Waals surface area contributed by atoms with Gasteiger partial charge in [0.25, 0.3) is 0 Å². The number of aromatic nitrogens is 1. The molecule has 0 aliphatic carbocycles. The number of rotatable bonds is 1. The largest absolute Gasteiger partial charge is 0.490 e. The second-order valence-corrected chi connectivity index (χ2v) is 5.12. The maximum Gasteiger partial charge on any atom is 0.168 e. The fraction of sp³-hybridized carbons (Fsp3) is 0.167. The van der Waals surface area contributed by atoms with Crippen LogP contribution in [0.1, 0.15) is 6.42 Å². The van der Waals surface area contributed by atoms with Crippen molar-refractivity contribution >= 4 is 10.8 Å². The Hall–Kier alpha value is -2.55. The standard InChI is InChI=1S/C18H15NO2/c1-3-16(18-17(4-1)20-9-2-10-21-18)14-6-5-13-7-8-19-12-15(13)11-14/h1,3-8,11-12H,2,9-10H2. The summed E-state index contributed by atoms with van der Waals surface area (Å²) >= 11 is 0. The van der Waals surface area contributed by atoms with Crippen molar-refractivity contribution in [1.82, 2.24) is 4.98 Å². The normalized spacial score (nSPS) is 13.9. The minimum atomic E-state index is 0.694. The van der Waals surface area contributed by atoms with E-state index in [0.29, 0.717) is 13.2 Å². The highest BCUT2D eigenvalue weighted by molar-refractivity contribution is 5.88. The van der Waals surface area contributed by atoms with Gasteiger partial charge in [0.05, 0.1) is 13.2 Å². The van der Waals surface area contributed by atoms with Crippen LogP contribution < -0.4 is 9.47 Å². The van der Waals surface area contributed by atoms with E-state index in [1.807, 2.05) is 30.6 Å². The maximum atomic E-state index is 5.91. The topological polar surface area (TPSA) is 31.4 Å². The molecule has 0 fully saturated rings. The second kappa shape index (κ2) is 5.09. The van der Waals surface area contributed by atoms with E-state index >= 15 is 0 Å². The van der Waals surface area contributed by atoms with Gasteiger partial charge in [0.2, 0.25) is 0 Å². The fourth-order valence-corrected chi connectivity index (χ4v) is 2.67. The Balaban J connectivity index is 1.88. The lowest BCUT2D eigenvalue weighted by Gasteiger charge is -2.13. The van der Waals surface area contributed by atoms with Gasteiger partial charge in [-0.1, -0.05) is 24.3 Å². The van der Waals surface area contributed by atoms with Crippen LogP contribution in [0.3, 0.4) is 0 Å². The molecule has 0 atom stereocenters. The molecule has 0 unspecified atom stereocenters. The molecule has 2 aromatic carbocycles. The van der Waals surface area contributed by atoms with E-state index in [9.17, 15) is 0 Å². The first-order chi connectivity index (χ1) is 10.4. The molecule has 1 aliphatic rings. The Morgan fingerprint density at radius 2 is 1.86 bits per heavy atom. The van der Waals surface area contributed by atoms with E-state index in [1.54, 1.807) is 0 Å². The number of para-hydroxylation sites is 1. The van der Waals surface area contributed by atoms with Crippen LogP contribution in [0.25, 0.3) is 21.9 Å². The molecule has 0 saturated carbocycles. The van der Waals surface area contributed by atoms with Crippen molar-refractivity contribution in [3.8, 4) is 22.6 Å². The number of hydrogen-bond donors (Lipinski definition) is 0. The summed E-state index contributed by atoms with van der Waals surface area (Å²) in [4.78, 5) is 4.19. The van der Waals surface area contributed by atoms with E-state index in [-0.39, 0.29) is 0 Å². The zero-order valence-corrected chi connectivity index (χ0v) is 11.6. The number of nitrogens with zero attached hydrogens (tertiary/aromatic N) is 1. The Bertz CT molecular complexity index is 798. The Morgan fingerprint density at radius 3 is 2.86 bits per heavy atom. The molecule has 0 radical (unpaired) electrons. The molecule has 104 valence electrons. The Morgan fingerprint density at radius 1 is 0.905 bits per heavy atom. The van der Waals surface area contributed by atoms with E-state index in [0.717, 1.165) is 34.4 Å². The highest BCUT2D eigenvalue weighted by atomic mass is 16.5. The van der Waals surface area contributed by atoms with Crippen LogP contribution in [0.5, 0.6) is 11.5 Å². The van der Waals surface area contributed by atoms with Gasteiger partial charge in [-0.2, -0.15) is 0 Å². The lowest BCUT2D eigenvalue weighted by molar-refractivity contribution is 0.297. The van der Waals surface area contributed by atoms with Crippen LogP contribution in [0.4, 0.5) is 0 Å². The highest BCUT2D eigenvalue weighted by Gasteiger charge is 2.15. The summed E-state index contributed by atoms with van der Waals surface area (Å²) in [5.41, 5.74) is 2.19. The third kappa shape index (κ3) is 2.21. The van der Waals surface area contributed by atoms with E-state index in [4.69, 9.17) is 9.47 Å². The molecule has 0 spiro atoms.